The van der Waals surface area contributed by atoms with E-state index in [9.17, 15) is 9.59 Å². The Morgan fingerprint density at radius 3 is 1.67 bits per heavy atom. The van der Waals surface area contributed by atoms with Crippen molar-refractivity contribution in [2.24, 2.45) is 0 Å². The van der Waals surface area contributed by atoms with Crippen LogP contribution in [-0.4, -0.2) is 16.2 Å². The van der Waals surface area contributed by atoms with Crippen LogP contribution >= 0.6 is 12.6 Å². The summed E-state index contributed by atoms with van der Waals surface area (Å²) < 4.78 is 0. The van der Waals surface area contributed by atoms with Crippen LogP contribution in [0.3, 0.4) is 0 Å². The van der Waals surface area contributed by atoms with E-state index in [4.69, 9.17) is 5.11 Å². The number of hydrogen-bond donors (Lipinski definition) is 2. The molecule has 0 amide bonds. The van der Waals surface area contributed by atoms with E-state index in [1.807, 2.05) is 0 Å². The number of thiol groups is 1. The molecule has 0 bridgehead atoms. The predicted molar refractivity (Wildman–Crippen MR) is 21.6 cm³/mol. The second kappa shape index (κ2) is 1.81. The highest BCUT2D eigenvalue weighted by atomic mass is 32.1. The Morgan fingerprint density at radius 2 is 1.67 bits per heavy atom. The zero-order valence-corrected chi connectivity index (χ0v) is 3.61. The summed E-state index contributed by atoms with van der Waals surface area (Å²) in [6, 6.07) is 0. The van der Waals surface area contributed by atoms with Crippen LogP contribution < -0.4 is 0 Å². The largest absolute Gasteiger partial charge is 0.475 e. The normalized spacial score (nSPS) is 7.50. The number of carboxylic acid groups (broad SMARTS) is 1. The molecule has 34 valence electrons. The number of hydrogen-bond acceptors (Lipinski definition) is 2. The van der Waals surface area contributed by atoms with Crippen LogP contribution in [0.4, 0.5) is 0 Å². The third-order valence-corrected chi connectivity index (χ3v) is 0.374. The van der Waals surface area contributed by atoms with Gasteiger partial charge in [0.2, 0.25) is 0 Å². The summed E-state index contributed by atoms with van der Waals surface area (Å²) in [4.78, 5) is 18.7. The maximum Gasteiger partial charge on any atom is 0.383 e. The van der Waals surface area contributed by atoms with Gasteiger partial charge in [-0.15, -0.1) is 0 Å². The fraction of sp³-hybridized carbons (Fsp3) is 0. The molecule has 0 heterocycles. The second-order valence-corrected chi connectivity index (χ2v) is 1.02. The van der Waals surface area contributed by atoms with Crippen molar-refractivity contribution in [2.75, 3.05) is 0 Å². The average Bonchev–Trinajstić information content (AvgIpc) is 1.36. The Bertz CT molecular complexity index is 74.8. The van der Waals surface area contributed by atoms with Gasteiger partial charge in [0.05, 0.1) is 0 Å². The summed E-state index contributed by atoms with van der Waals surface area (Å²) in [6.07, 6.45) is 0. The Kier molecular flexibility index (Phi) is 1.66. The molecule has 1 N–H and O–H groups in total. The predicted octanol–water partition coefficient (Wildman–Crippen LogP) is -0.473. The summed E-state index contributed by atoms with van der Waals surface area (Å²) in [7, 11) is 0. The first-order chi connectivity index (χ1) is 2.64. The van der Waals surface area contributed by atoms with E-state index >= 15 is 0 Å². The minimum Gasteiger partial charge on any atom is -0.475 e. The van der Waals surface area contributed by atoms with Crippen LogP contribution in [0.25, 0.3) is 0 Å². The van der Waals surface area contributed by atoms with E-state index in [1.54, 1.807) is 0 Å². The summed E-state index contributed by atoms with van der Waals surface area (Å²) in [6.45, 7) is 0. The van der Waals surface area contributed by atoms with Crippen molar-refractivity contribution in [1.82, 2.24) is 0 Å². The quantitative estimate of drug-likeness (QED) is 0.351. The van der Waals surface area contributed by atoms with Crippen molar-refractivity contribution in [3.8, 4) is 0 Å². The molecule has 0 spiro atoms. The van der Waals surface area contributed by atoms with E-state index in [0.29, 0.717) is 0 Å². The van der Waals surface area contributed by atoms with Crippen molar-refractivity contribution in [2.45, 2.75) is 0 Å². The minimum absolute atomic E-state index is 1.13. The molecule has 0 radical (unpaired) electrons. The molecule has 3 nitrogen and oxygen atoms in total. The highest BCUT2D eigenvalue weighted by molar-refractivity contribution is 7.98. The molecule has 0 saturated carbocycles. The van der Waals surface area contributed by atoms with Gasteiger partial charge in [-0.05, 0) is 0 Å². The third kappa shape index (κ3) is 1.78. The van der Waals surface area contributed by atoms with Gasteiger partial charge in [-0.25, -0.2) is 4.79 Å². The summed E-state index contributed by atoms with van der Waals surface area (Å²) in [5.74, 6) is -1.52. The molecule has 0 aromatic rings. The Morgan fingerprint density at radius 1 is 1.50 bits per heavy atom. The smallest absolute Gasteiger partial charge is 0.383 e. The lowest BCUT2D eigenvalue weighted by molar-refractivity contribution is -0.144. The summed E-state index contributed by atoms with van der Waals surface area (Å²) in [5.41, 5.74) is 0. The number of rotatable bonds is 1. The molecule has 4 heteroatoms. The molecular weight excluding hydrogens is 104 g/mol. The highest BCUT2D eigenvalue weighted by Gasteiger charge is 2.00. The van der Waals surface area contributed by atoms with Gasteiger partial charge in [-0.2, -0.15) is 0 Å². The maximum absolute atomic E-state index is 9.41. The Hall–Kier alpha value is -0.510. The van der Waals surface area contributed by atoms with Crippen LogP contribution in [0.1, 0.15) is 0 Å². The van der Waals surface area contributed by atoms with Gasteiger partial charge in [0.25, 0.3) is 5.12 Å². The lowest BCUT2D eigenvalue weighted by atomic mass is 10.8. The SMILES string of the molecule is O=C(O)C(=O)S. The number of carbonyl (C=O) groups excluding carboxylic acids is 1. The Labute approximate surface area is 39.4 Å². The third-order valence-electron chi connectivity index (χ3n) is 0.183. The first-order valence-electron chi connectivity index (χ1n) is 1.11. The van der Waals surface area contributed by atoms with Gasteiger partial charge in [0.15, 0.2) is 0 Å². The lowest BCUT2D eigenvalue weighted by Gasteiger charge is -1.72. The molecule has 0 unspecified atom stereocenters. The van der Waals surface area contributed by atoms with Crippen LogP contribution in [0.15, 0.2) is 0 Å². The van der Waals surface area contributed by atoms with Crippen LogP contribution in [-0.2, 0) is 9.59 Å². The lowest BCUT2D eigenvalue weighted by Crippen LogP contribution is -2.02. The maximum atomic E-state index is 9.41. The first-order valence-corrected chi connectivity index (χ1v) is 1.55. The standard InChI is InChI=1S/C2H2O3S/c3-1(4)2(5)6/h(H,3,4)(H,5,6). The van der Waals surface area contributed by atoms with E-state index < -0.39 is 11.1 Å². The van der Waals surface area contributed by atoms with E-state index in [1.165, 1.54) is 0 Å². The first kappa shape index (κ1) is 5.49. The average molecular weight is 106 g/mol. The van der Waals surface area contributed by atoms with Crippen LogP contribution in [0.5, 0.6) is 0 Å². The van der Waals surface area contributed by atoms with Crippen molar-refractivity contribution >= 4 is 23.7 Å². The summed E-state index contributed by atoms with van der Waals surface area (Å²) >= 11 is 2.95. The molecule has 0 aliphatic rings. The highest BCUT2D eigenvalue weighted by Crippen LogP contribution is 1.73. The summed E-state index contributed by atoms with van der Waals surface area (Å²) in [5, 5.41) is 6.44. The van der Waals surface area contributed by atoms with E-state index in [0.717, 1.165) is 0 Å². The van der Waals surface area contributed by atoms with Crippen molar-refractivity contribution in [1.29, 1.82) is 0 Å². The van der Waals surface area contributed by atoms with Crippen molar-refractivity contribution in [3.63, 3.8) is 0 Å². The van der Waals surface area contributed by atoms with Gasteiger partial charge in [0, 0.05) is 0 Å². The number of aliphatic carboxylic acids is 1. The van der Waals surface area contributed by atoms with Gasteiger partial charge in [-0.3, -0.25) is 4.79 Å². The molecule has 0 fully saturated rings. The van der Waals surface area contributed by atoms with Gasteiger partial charge >= 0.3 is 5.97 Å². The van der Waals surface area contributed by atoms with Gasteiger partial charge in [0.1, 0.15) is 0 Å². The molecule has 0 atom stereocenters. The fourth-order valence-corrected chi connectivity index (χ4v) is 0. The van der Waals surface area contributed by atoms with Crippen LogP contribution in [0.2, 0.25) is 0 Å². The molecule has 0 aliphatic heterocycles. The molecular formula is C2H2O3S. The molecule has 0 saturated heterocycles. The van der Waals surface area contributed by atoms with Gasteiger partial charge in [-0.1, -0.05) is 12.6 Å². The number of carbonyl (C=O) groups is 2. The minimum atomic E-state index is -1.52. The van der Waals surface area contributed by atoms with E-state index in [-0.39, 0.29) is 0 Å². The zero-order chi connectivity index (χ0) is 5.15. The molecule has 0 aliphatic carbocycles. The van der Waals surface area contributed by atoms with Crippen molar-refractivity contribution in [3.05, 3.63) is 0 Å². The molecule has 0 aromatic heterocycles. The van der Waals surface area contributed by atoms with Crippen molar-refractivity contribution < 1.29 is 14.7 Å². The monoisotopic (exact) mass is 106 g/mol. The fourth-order valence-electron chi connectivity index (χ4n) is 0. The zero-order valence-electron chi connectivity index (χ0n) is 2.71. The second-order valence-electron chi connectivity index (χ2n) is 0.610. The van der Waals surface area contributed by atoms with Gasteiger partial charge < -0.3 is 5.11 Å². The van der Waals surface area contributed by atoms with Crippen LogP contribution in [0, 0.1) is 0 Å². The molecule has 0 aromatic carbocycles. The molecule has 6 heavy (non-hydrogen) atoms. The van der Waals surface area contributed by atoms with E-state index in [2.05, 4.69) is 12.6 Å². The molecule has 0 rings (SSSR count). The number of carboxylic acids is 1. The Balaban J connectivity index is 3.57. The topological polar surface area (TPSA) is 54.4 Å².